The number of nitrogens with zero attached hydrogens (tertiary/aromatic N) is 1. The maximum Gasteiger partial charge on any atom is 0.336 e. The Morgan fingerprint density at radius 1 is 1.24 bits per heavy atom. The highest BCUT2D eigenvalue weighted by molar-refractivity contribution is 6.31. The maximum atomic E-state index is 14.0. The lowest BCUT2D eigenvalue weighted by Gasteiger charge is -2.19. The Hall–Kier alpha value is -2.37. The monoisotopic (exact) mass is 361 g/mol. The van der Waals surface area contributed by atoms with Gasteiger partial charge in [-0.1, -0.05) is 17.7 Å². The van der Waals surface area contributed by atoms with Crippen molar-refractivity contribution >= 4 is 22.6 Å². The lowest BCUT2D eigenvalue weighted by atomic mass is 10.1. The van der Waals surface area contributed by atoms with Crippen LogP contribution in [0.2, 0.25) is 5.02 Å². The number of aromatic hydroxyl groups is 1. The lowest BCUT2D eigenvalue weighted by molar-refractivity contribution is 0.314. The molecule has 0 aliphatic carbocycles. The molecular formula is C19H17ClFNO3. The molecule has 130 valence electrons. The third kappa shape index (κ3) is 3.52. The van der Waals surface area contributed by atoms with Crippen LogP contribution in [-0.2, 0) is 13.1 Å². The van der Waals surface area contributed by atoms with E-state index < -0.39 is 5.63 Å². The Morgan fingerprint density at radius 3 is 2.72 bits per heavy atom. The van der Waals surface area contributed by atoms with Gasteiger partial charge in [-0.25, -0.2) is 9.18 Å². The first-order valence-electron chi connectivity index (χ1n) is 7.73. The Balaban J connectivity index is 1.95. The number of halogens is 2. The van der Waals surface area contributed by atoms with E-state index in [2.05, 4.69) is 0 Å². The van der Waals surface area contributed by atoms with Gasteiger partial charge < -0.3 is 9.52 Å². The molecule has 25 heavy (non-hydrogen) atoms. The first-order valence-corrected chi connectivity index (χ1v) is 8.11. The molecule has 0 aliphatic rings. The number of rotatable bonds is 4. The van der Waals surface area contributed by atoms with Gasteiger partial charge in [-0.3, -0.25) is 4.90 Å². The van der Waals surface area contributed by atoms with E-state index in [-0.39, 0.29) is 11.6 Å². The van der Waals surface area contributed by atoms with Crippen LogP contribution in [0.3, 0.4) is 0 Å². The summed E-state index contributed by atoms with van der Waals surface area (Å²) in [5, 5.41) is 10.9. The van der Waals surface area contributed by atoms with Crippen molar-refractivity contribution in [2.45, 2.75) is 20.0 Å². The first kappa shape index (κ1) is 17.5. The second kappa shape index (κ2) is 6.86. The van der Waals surface area contributed by atoms with Gasteiger partial charge in [0.25, 0.3) is 0 Å². The summed E-state index contributed by atoms with van der Waals surface area (Å²) in [6.45, 7) is 2.38. The zero-order chi connectivity index (χ0) is 18.1. The lowest BCUT2D eigenvalue weighted by Crippen LogP contribution is -2.19. The van der Waals surface area contributed by atoms with Crippen LogP contribution in [0.1, 0.15) is 16.7 Å². The minimum absolute atomic E-state index is 0.0688. The highest BCUT2D eigenvalue weighted by Gasteiger charge is 2.14. The number of fused-ring (bicyclic) bond motifs is 1. The molecule has 2 aromatic carbocycles. The molecule has 0 aliphatic heterocycles. The van der Waals surface area contributed by atoms with Gasteiger partial charge in [0.05, 0.1) is 0 Å². The van der Waals surface area contributed by atoms with Crippen molar-refractivity contribution in [1.29, 1.82) is 0 Å². The Morgan fingerprint density at radius 2 is 2.00 bits per heavy atom. The summed E-state index contributed by atoms with van der Waals surface area (Å²) >= 11 is 6.08. The van der Waals surface area contributed by atoms with Gasteiger partial charge in [0.2, 0.25) is 0 Å². The van der Waals surface area contributed by atoms with E-state index >= 15 is 0 Å². The predicted molar refractivity (Wildman–Crippen MR) is 95.5 cm³/mol. The van der Waals surface area contributed by atoms with Gasteiger partial charge in [-0.15, -0.1) is 0 Å². The Labute approximate surface area is 149 Å². The van der Waals surface area contributed by atoms with Crippen molar-refractivity contribution in [2.24, 2.45) is 0 Å². The fourth-order valence-electron chi connectivity index (χ4n) is 2.85. The molecule has 0 atom stereocenters. The van der Waals surface area contributed by atoms with Crippen molar-refractivity contribution in [3.63, 3.8) is 0 Å². The average Bonchev–Trinajstić information content (AvgIpc) is 2.55. The SMILES string of the molecule is Cc1c(O)ccc2c(CN(C)Cc3c(F)cccc3Cl)cc(=O)oc12. The second-order valence-electron chi connectivity index (χ2n) is 6.05. The smallest absolute Gasteiger partial charge is 0.336 e. The molecule has 0 radical (unpaired) electrons. The minimum atomic E-state index is -0.492. The topological polar surface area (TPSA) is 53.7 Å². The highest BCUT2D eigenvalue weighted by Crippen LogP contribution is 2.28. The van der Waals surface area contributed by atoms with Crippen LogP contribution in [0.25, 0.3) is 11.0 Å². The molecule has 0 bridgehead atoms. The summed E-state index contributed by atoms with van der Waals surface area (Å²) in [5.41, 5.74) is 1.53. The van der Waals surface area contributed by atoms with E-state index in [4.69, 9.17) is 16.0 Å². The van der Waals surface area contributed by atoms with Crippen LogP contribution in [0.5, 0.6) is 5.75 Å². The van der Waals surface area contributed by atoms with E-state index in [0.717, 1.165) is 10.9 Å². The zero-order valence-electron chi connectivity index (χ0n) is 13.8. The van der Waals surface area contributed by atoms with E-state index in [1.807, 2.05) is 11.9 Å². The van der Waals surface area contributed by atoms with E-state index in [0.29, 0.717) is 34.8 Å². The van der Waals surface area contributed by atoms with Crippen molar-refractivity contribution < 1.29 is 13.9 Å². The predicted octanol–water partition coefficient (Wildman–Crippen LogP) is 4.23. The normalized spacial score (nSPS) is 11.4. The summed E-state index contributed by atoms with van der Waals surface area (Å²) in [4.78, 5) is 13.7. The largest absolute Gasteiger partial charge is 0.508 e. The van der Waals surface area contributed by atoms with E-state index in [1.165, 1.54) is 12.1 Å². The van der Waals surface area contributed by atoms with Gasteiger partial charge in [0, 0.05) is 40.7 Å². The van der Waals surface area contributed by atoms with Gasteiger partial charge in [0.15, 0.2) is 0 Å². The number of phenolic OH excluding ortho intramolecular Hbond substituents is 1. The standard InChI is InChI=1S/C19H17ClFNO3/c1-11-17(23)7-6-13-12(8-18(24)25-19(11)13)9-22(2)10-14-15(20)4-3-5-16(14)21/h3-8,23H,9-10H2,1-2H3. The van der Waals surface area contributed by atoms with E-state index in [1.54, 1.807) is 31.2 Å². The summed E-state index contributed by atoms with van der Waals surface area (Å²) in [6, 6.07) is 9.26. The molecular weight excluding hydrogens is 345 g/mol. The molecule has 0 saturated carbocycles. The molecule has 0 spiro atoms. The molecule has 3 aromatic rings. The van der Waals surface area contributed by atoms with Crippen LogP contribution >= 0.6 is 11.6 Å². The average molecular weight is 362 g/mol. The van der Waals surface area contributed by atoms with Crippen LogP contribution in [0, 0.1) is 12.7 Å². The molecule has 0 saturated heterocycles. The Kier molecular flexibility index (Phi) is 4.79. The van der Waals surface area contributed by atoms with Crippen molar-refractivity contribution in [2.75, 3.05) is 7.05 Å². The molecule has 1 N–H and O–H groups in total. The first-order chi connectivity index (χ1) is 11.9. The third-order valence-corrected chi connectivity index (χ3v) is 4.50. The molecule has 3 rings (SSSR count). The number of hydrogen-bond donors (Lipinski definition) is 1. The molecule has 0 amide bonds. The molecule has 4 nitrogen and oxygen atoms in total. The van der Waals surface area contributed by atoms with Crippen LogP contribution < -0.4 is 5.63 Å². The summed E-state index contributed by atoms with van der Waals surface area (Å²) in [7, 11) is 1.82. The number of hydrogen-bond acceptors (Lipinski definition) is 4. The van der Waals surface area contributed by atoms with Gasteiger partial charge in [0.1, 0.15) is 17.1 Å². The van der Waals surface area contributed by atoms with Crippen LogP contribution in [-0.4, -0.2) is 17.1 Å². The fourth-order valence-corrected chi connectivity index (χ4v) is 3.07. The zero-order valence-corrected chi connectivity index (χ0v) is 14.6. The molecule has 0 unspecified atom stereocenters. The molecule has 6 heteroatoms. The van der Waals surface area contributed by atoms with Crippen molar-refractivity contribution in [3.05, 3.63) is 74.3 Å². The number of aryl methyl sites for hydroxylation is 1. The van der Waals surface area contributed by atoms with Crippen LogP contribution in [0.15, 0.2) is 45.6 Å². The van der Waals surface area contributed by atoms with Gasteiger partial charge in [-0.05, 0) is 43.8 Å². The maximum absolute atomic E-state index is 14.0. The Bertz CT molecular complexity index is 980. The summed E-state index contributed by atoms with van der Waals surface area (Å²) in [5.74, 6) is -0.295. The number of phenols is 1. The second-order valence-corrected chi connectivity index (χ2v) is 6.46. The molecule has 0 fully saturated rings. The number of benzene rings is 2. The molecule has 1 heterocycles. The summed E-state index contributed by atoms with van der Waals surface area (Å²) < 4.78 is 19.2. The quantitative estimate of drug-likeness (QED) is 0.706. The third-order valence-electron chi connectivity index (χ3n) is 4.15. The van der Waals surface area contributed by atoms with E-state index in [9.17, 15) is 14.3 Å². The highest BCUT2D eigenvalue weighted by atomic mass is 35.5. The van der Waals surface area contributed by atoms with Crippen LogP contribution in [0.4, 0.5) is 4.39 Å². The molecule has 1 aromatic heterocycles. The minimum Gasteiger partial charge on any atom is -0.508 e. The van der Waals surface area contributed by atoms with Gasteiger partial charge in [-0.2, -0.15) is 0 Å². The van der Waals surface area contributed by atoms with Crippen molar-refractivity contribution in [1.82, 2.24) is 4.90 Å². The summed E-state index contributed by atoms with van der Waals surface area (Å²) in [6.07, 6.45) is 0. The van der Waals surface area contributed by atoms with Crippen molar-refractivity contribution in [3.8, 4) is 5.75 Å². The fraction of sp³-hybridized carbons (Fsp3) is 0.211. The van der Waals surface area contributed by atoms with Gasteiger partial charge >= 0.3 is 5.63 Å².